The van der Waals surface area contributed by atoms with Crippen molar-refractivity contribution in [2.45, 2.75) is 33.7 Å². The first-order valence-corrected chi connectivity index (χ1v) is 11.8. The molecule has 0 saturated carbocycles. The average molecular weight is 474 g/mol. The molecule has 2 aromatic heterocycles. The maximum Gasteiger partial charge on any atom is 0.341 e. The van der Waals surface area contributed by atoms with Crippen molar-refractivity contribution < 1.29 is 14.3 Å². The highest BCUT2D eigenvalue weighted by Crippen LogP contribution is 2.37. The van der Waals surface area contributed by atoms with E-state index in [1.165, 1.54) is 11.1 Å². The van der Waals surface area contributed by atoms with Crippen LogP contribution in [0.15, 0.2) is 55.2 Å². The van der Waals surface area contributed by atoms with Crippen LogP contribution in [0.2, 0.25) is 0 Å². The SMILES string of the molecule is CCNc1cc2c(Nc3cccc(Cn4ccnc4)c3CC)c(C(=O)OCC)cnc2cc1OC. The van der Waals surface area contributed by atoms with Gasteiger partial charge < -0.3 is 24.7 Å². The number of fused-ring (bicyclic) bond motifs is 1. The molecule has 2 aromatic carbocycles. The standard InChI is InChI=1S/C27H31N5O3/c1-5-19-18(16-32-12-11-28-17-32)9-8-10-22(19)31-26-20-13-24(29-6-2)25(34-4)14-23(20)30-15-21(26)27(33)35-7-3/h8-15,17,29H,5-7,16H2,1-4H3,(H,30,31). The molecule has 0 spiro atoms. The summed E-state index contributed by atoms with van der Waals surface area (Å²) in [7, 11) is 1.63. The van der Waals surface area contributed by atoms with Crippen molar-refractivity contribution in [1.82, 2.24) is 14.5 Å². The Hall–Kier alpha value is -4.07. The summed E-state index contributed by atoms with van der Waals surface area (Å²) in [6.07, 6.45) is 7.92. The molecule has 0 atom stereocenters. The van der Waals surface area contributed by atoms with Gasteiger partial charge in [0, 0.05) is 48.8 Å². The second-order valence-corrected chi connectivity index (χ2v) is 8.02. The molecular weight excluding hydrogens is 442 g/mol. The van der Waals surface area contributed by atoms with E-state index in [0.717, 1.165) is 29.7 Å². The molecule has 8 nitrogen and oxygen atoms in total. The molecule has 2 heterocycles. The minimum Gasteiger partial charge on any atom is -0.495 e. The third-order valence-corrected chi connectivity index (χ3v) is 5.85. The molecule has 0 fully saturated rings. The van der Waals surface area contributed by atoms with Crippen LogP contribution in [0.25, 0.3) is 10.9 Å². The first-order chi connectivity index (χ1) is 17.1. The number of nitrogens with one attached hydrogen (secondary N) is 2. The molecule has 182 valence electrons. The Labute approximate surface area is 205 Å². The first-order valence-electron chi connectivity index (χ1n) is 11.8. The Bertz CT molecular complexity index is 1320. The van der Waals surface area contributed by atoms with E-state index >= 15 is 0 Å². The van der Waals surface area contributed by atoms with Crippen molar-refractivity contribution in [3.8, 4) is 5.75 Å². The van der Waals surface area contributed by atoms with E-state index in [-0.39, 0.29) is 6.61 Å². The van der Waals surface area contributed by atoms with E-state index in [9.17, 15) is 4.79 Å². The van der Waals surface area contributed by atoms with Crippen LogP contribution in [0.3, 0.4) is 0 Å². The van der Waals surface area contributed by atoms with E-state index in [0.29, 0.717) is 29.1 Å². The number of rotatable bonds is 10. The fourth-order valence-corrected chi connectivity index (χ4v) is 4.24. The van der Waals surface area contributed by atoms with Gasteiger partial charge in [0.15, 0.2) is 0 Å². The largest absolute Gasteiger partial charge is 0.495 e. The average Bonchev–Trinajstić information content (AvgIpc) is 3.37. The second-order valence-electron chi connectivity index (χ2n) is 8.02. The monoisotopic (exact) mass is 473 g/mol. The van der Waals surface area contributed by atoms with Gasteiger partial charge >= 0.3 is 5.97 Å². The molecule has 4 aromatic rings. The number of pyridine rings is 1. The number of benzene rings is 2. The van der Waals surface area contributed by atoms with Crippen molar-refractivity contribution in [2.24, 2.45) is 0 Å². The Morgan fingerprint density at radius 2 is 2.00 bits per heavy atom. The number of methoxy groups -OCH3 is 1. The molecule has 8 heteroatoms. The number of nitrogens with zero attached hydrogens (tertiary/aromatic N) is 3. The van der Waals surface area contributed by atoms with Crippen LogP contribution in [0.5, 0.6) is 5.75 Å². The number of anilines is 3. The van der Waals surface area contributed by atoms with Crippen LogP contribution in [0.1, 0.15) is 42.3 Å². The summed E-state index contributed by atoms with van der Waals surface area (Å²) < 4.78 is 13.0. The lowest BCUT2D eigenvalue weighted by Gasteiger charge is -2.20. The highest BCUT2D eigenvalue weighted by atomic mass is 16.5. The summed E-state index contributed by atoms with van der Waals surface area (Å²) in [4.78, 5) is 21.6. The van der Waals surface area contributed by atoms with Crippen LogP contribution in [0.4, 0.5) is 17.1 Å². The van der Waals surface area contributed by atoms with Gasteiger partial charge in [0.25, 0.3) is 0 Å². The summed E-state index contributed by atoms with van der Waals surface area (Å²) in [6, 6.07) is 10.0. The molecule has 0 bridgehead atoms. The smallest absolute Gasteiger partial charge is 0.341 e. The van der Waals surface area contributed by atoms with Crippen molar-refractivity contribution in [1.29, 1.82) is 0 Å². The lowest BCUT2D eigenvalue weighted by Crippen LogP contribution is -2.11. The molecule has 0 radical (unpaired) electrons. The van der Waals surface area contributed by atoms with Crippen LogP contribution < -0.4 is 15.4 Å². The van der Waals surface area contributed by atoms with Gasteiger partial charge in [-0.3, -0.25) is 4.98 Å². The van der Waals surface area contributed by atoms with Gasteiger partial charge in [0.05, 0.1) is 36.9 Å². The van der Waals surface area contributed by atoms with Crippen molar-refractivity contribution in [3.63, 3.8) is 0 Å². The molecule has 0 aliphatic rings. The molecule has 0 aliphatic carbocycles. The lowest BCUT2D eigenvalue weighted by atomic mass is 10.0. The topological polar surface area (TPSA) is 90.3 Å². The van der Waals surface area contributed by atoms with Crippen molar-refractivity contribution >= 4 is 33.9 Å². The van der Waals surface area contributed by atoms with Crippen LogP contribution in [-0.4, -0.2) is 40.8 Å². The van der Waals surface area contributed by atoms with Gasteiger partial charge in [0.1, 0.15) is 11.3 Å². The highest BCUT2D eigenvalue weighted by Gasteiger charge is 2.20. The molecule has 0 saturated heterocycles. The number of imidazole rings is 1. The molecular formula is C27H31N5O3. The number of carbonyl (C=O) groups is 1. The van der Waals surface area contributed by atoms with E-state index in [1.54, 1.807) is 26.4 Å². The third kappa shape index (κ3) is 5.06. The molecule has 0 amide bonds. The Kier molecular flexibility index (Phi) is 7.50. The predicted octanol–water partition coefficient (Wildman–Crippen LogP) is 5.40. The van der Waals surface area contributed by atoms with Gasteiger partial charge in [-0.1, -0.05) is 19.1 Å². The zero-order valence-corrected chi connectivity index (χ0v) is 20.6. The van der Waals surface area contributed by atoms with Gasteiger partial charge in [-0.15, -0.1) is 0 Å². The Morgan fingerprint density at radius 1 is 1.14 bits per heavy atom. The molecule has 0 aliphatic heterocycles. The number of carbonyl (C=O) groups excluding carboxylic acids is 1. The third-order valence-electron chi connectivity index (χ3n) is 5.85. The first kappa shape index (κ1) is 24.1. The van der Waals surface area contributed by atoms with Crippen molar-refractivity contribution in [2.75, 3.05) is 30.9 Å². The van der Waals surface area contributed by atoms with Crippen LogP contribution in [0, 0.1) is 0 Å². The summed E-state index contributed by atoms with van der Waals surface area (Å²) in [6.45, 7) is 7.66. The maximum absolute atomic E-state index is 12.9. The Morgan fingerprint density at radius 3 is 2.69 bits per heavy atom. The van der Waals surface area contributed by atoms with Gasteiger partial charge in [0.2, 0.25) is 0 Å². The maximum atomic E-state index is 12.9. The lowest BCUT2D eigenvalue weighted by molar-refractivity contribution is 0.0527. The van der Waals surface area contributed by atoms with E-state index in [4.69, 9.17) is 9.47 Å². The fourth-order valence-electron chi connectivity index (χ4n) is 4.24. The number of aromatic nitrogens is 3. The summed E-state index contributed by atoms with van der Waals surface area (Å²) in [5, 5.41) is 7.70. The minimum absolute atomic E-state index is 0.280. The molecule has 0 unspecified atom stereocenters. The number of hydrogen-bond acceptors (Lipinski definition) is 7. The summed E-state index contributed by atoms with van der Waals surface area (Å²) in [5.41, 5.74) is 5.87. The zero-order valence-electron chi connectivity index (χ0n) is 20.6. The normalized spacial score (nSPS) is 10.9. The number of ether oxygens (including phenoxy) is 2. The fraction of sp³-hybridized carbons (Fsp3) is 0.296. The summed E-state index contributed by atoms with van der Waals surface area (Å²) >= 11 is 0. The van der Waals surface area contributed by atoms with E-state index < -0.39 is 5.97 Å². The quantitative estimate of drug-likeness (QED) is 0.298. The molecule has 4 rings (SSSR count). The van der Waals surface area contributed by atoms with Gasteiger partial charge in [-0.2, -0.15) is 0 Å². The highest BCUT2D eigenvalue weighted by molar-refractivity contribution is 6.07. The summed E-state index contributed by atoms with van der Waals surface area (Å²) in [5.74, 6) is 0.274. The predicted molar refractivity (Wildman–Crippen MR) is 139 cm³/mol. The molecule has 35 heavy (non-hydrogen) atoms. The van der Waals surface area contributed by atoms with E-state index in [2.05, 4.69) is 33.6 Å². The minimum atomic E-state index is -0.419. The van der Waals surface area contributed by atoms with Gasteiger partial charge in [-0.25, -0.2) is 9.78 Å². The molecule has 2 N–H and O–H groups in total. The van der Waals surface area contributed by atoms with Gasteiger partial charge in [-0.05, 0) is 43.5 Å². The Balaban J connectivity index is 1.87. The van der Waals surface area contributed by atoms with Crippen LogP contribution in [-0.2, 0) is 17.7 Å². The van der Waals surface area contributed by atoms with Crippen LogP contribution >= 0.6 is 0 Å². The zero-order chi connectivity index (χ0) is 24.8. The number of esters is 1. The number of hydrogen-bond donors (Lipinski definition) is 2. The van der Waals surface area contributed by atoms with E-state index in [1.807, 2.05) is 48.3 Å². The van der Waals surface area contributed by atoms with Crippen molar-refractivity contribution in [3.05, 3.63) is 71.9 Å². The second kappa shape index (κ2) is 10.9.